The minimum atomic E-state index is -1.75. The maximum atomic E-state index is 9.57. The highest BCUT2D eigenvalue weighted by atomic mass is 79.9. The molecule has 1 unspecified atom stereocenters. The number of fused-ring (bicyclic) bond motifs is 1. The number of halogens is 1. The van der Waals surface area contributed by atoms with E-state index in [4.69, 9.17) is 33.3 Å². The van der Waals surface area contributed by atoms with Gasteiger partial charge >= 0.3 is 0 Å². The normalized spacial score (nSPS) is 15.8. The second-order valence-electron chi connectivity index (χ2n) is 7.70. The molecule has 4 rings (SSSR count). The lowest BCUT2D eigenvalue weighted by Crippen LogP contribution is -2.39. The van der Waals surface area contributed by atoms with Crippen molar-refractivity contribution in [3.63, 3.8) is 0 Å². The van der Waals surface area contributed by atoms with E-state index in [0.717, 1.165) is 32.7 Å². The van der Waals surface area contributed by atoms with Crippen LogP contribution in [0.4, 0.5) is 5.69 Å². The Bertz CT molecular complexity index is 1100. The largest absolute Gasteiger partial charge is 0.516 e. The number of aliphatic hydroxyl groups is 1. The fourth-order valence-electron chi connectivity index (χ4n) is 3.89. The molecular formula is C24H20B3BrN2O2. The zero-order valence-corrected chi connectivity index (χ0v) is 19.1. The molecule has 154 valence electrons. The number of aliphatic hydroxyl groups excluding tert-OH is 1. The average Bonchev–Trinajstić information content (AvgIpc) is 2.77. The molecule has 32 heavy (non-hydrogen) atoms. The minimum Gasteiger partial charge on any atom is -0.516 e. The van der Waals surface area contributed by atoms with E-state index in [0.29, 0.717) is 18.7 Å². The number of ether oxygens (including phenoxy) is 1. The molecule has 1 aliphatic rings. The van der Waals surface area contributed by atoms with E-state index in [1.54, 1.807) is 12.1 Å². The van der Waals surface area contributed by atoms with Gasteiger partial charge < -0.3 is 14.7 Å². The third-order valence-electron chi connectivity index (χ3n) is 5.17. The summed E-state index contributed by atoms with van der Waals surface area (Å²) in [5.41, 5.74) is 4.06. The second-order valence-corrected chi connectivity index (χ2v) is 8.62. The Labute approximate surface area is 201 Å². The molecule has 0 amide bonds. The van der Waals surface area contributed by atoms with Gasteiger partial charge in [-0.15, -0.1) is 0 Å². The lowest BCUT2D eigenvalue weighted by atomic mass is 9.52. The van der Waals surface area contributed by atoms with Gasteiger partial charge in [0, 0.05) is 28.8 Å². The molecule has 1 N–H and O–H groups in total. The summed E-state index contributed by atoms with van der Waals surface area (Å²) >= 11 is 3.60. The van der Waals surface area contributed by atoms with Crippen LogP contribution in [0.3, 0.4) is 0 Å². The van der Waals surface area contributed by atoms with Crippen LogP contribution in [-0.4, -0.2) is 57.8 Å². The molecule has 4 nitrogen and oxygen atoms in total. The number of hydrogen-bond donors (Lipinski definition) is 1. The molecule has 0 spiro atoms. The van der Waals surface area contributed by atoms with Crippen LogP contribution in [-0.2, 0) is 0 Å². The molecule has 1 atom stereocenters. The Morgan fingerprint density at radius 1 is 1.00 bits per heavy atom. The van der Waals surface area contributed by atoms with E-state index >= 15 is 0 Å². The monoisotopic (exact) mass is 480 g/mol. The van der Waals surface area contributed by atoms with Crippen molar-refractivity contribution >= 4 is 51.0 Å². The van der Waals surface area contributed by atoms with Crippen LogP contribution in [0.25, 0.3) is 0 Å². The quantitative estimate of drug-likeness (QED) is 0.523. The van der Waals surface area contributed by atoms with Gasteiger partial charge in [0.1, 0.15) is 35.1 Å². The standard InChI is InChI=1S/C24H20B3BrN2O2/c25-24(26,27)32-19-10-7-17(8-11-19)23-29-21-12-9-18(28)15-20(21)22(30(23)13-4-14-31)16-5-2-1-3-6-16/h1-3,5-12,15,22,31H,4,13-14H2. The van der Waals surface area contributed by atoms with Crippen LogP contribution in [0.5, 0.6) is 5.75 Å². The summed E-state index contributed by atoms with van der Waals surface area (Å²) in [6.07, 6.45) is 0.614. The molecule has 1 heterocycles. The van der Waals surface area contributed by atoms with Crippen LogP contribution >= 0.6 is 15.9 Å². The van der Waals surface area contributed by atoms with E-state index in [2.05, 4.69) is 39.0 Å². The molecule has 3 aromatic carbocycles. The van der Waals surface area contributed by atoms with Crippen LogP contribution in [0.15, 0.2) is 82.3 Å². The topological polar surface area (TPSA) is 45.1 Å². The Kier molecular flexibility index (Phi) is 6.82. The summed E-state index contributed by atoms with van der Waals surface area (Å²) in [6.45, 7) is 0.728. The van der Waals surface area contributed by atoms with Crippen LogP contribution in [0, 0.1) is 0 Å². The van der Waals surface area contributed by atoms with Crippen molar-refractivity contribution in [3.05, 3.63) is 94.0 Å². The van der Waals surface area contributed by atoms with Gasteiger partial charge in [-0.2, -0.15) is 0 Å². The van der Waals surface area contributed by atoms with Gasteiger partial charge in [-0.1, -0.05) is 46.3 Å². The fourth-order valence-corrected chi connectivity index (χ4v) is 4.27. The van der Waals surface area contributed by atoms with E-state index in [-0.39, 0.29) is 12.6 Å². The van der Waals surface area contributed by atoms with Crippen LogP contribution < -0.4 is 4.74 Å². The lowest BCUT2D eigenvalue weighted by molar-refractivity contribution is 0.254. The van der Waals surface area contributed by atoms with Crippen molar-refractivity contribution in [2.45, 2.75) is 17.8 Å². The molecular weight excluding hydrogens is 461 g/mol. The van der Waals surface area contributed by atoms with Crippen molar-refractivity contribution < 1.29 is 9.84 Å². The highest BCUT2D eigenvalue weighted by Crippen LogP contribution is 2.41. The lowest BCUT2D eigenvalue weighted by Gasteiger charge is -2.39. The smallest absolute Gasteiger partial charge is 0.137 e. The highest BCUT2D eigenvalue weighted by Gasteiger charge is 2.32. The molecule has 0 saturated carbocycles. The number of nitrogens with zero attached hydrogens (tertiary/aromatic N) is 2. The number of rotatable bonds is 7. The van der Waals surface area contributed by atoms with Crippen molar-refractivity contribution in [2.24, 2.45) is 4.99 Å². The SMILES string of the molecule is [B]C([B])([B])Oc1ccc(C2=Nc3ccc(Br)cc3C(c3ccccc3)N2CCCO)cc1. The van der Waals surface area contributed by atoms with Crippen molar-refractivity contribution in [1.29, 1.82) is 0 Å². The zero-order chi connectivity index (χ0) is 22.7. The molecule has 3 aromatic rings. The summed E-state index contributed by atoms with van der Waals surface area (Å²) in [4.78, 5) is 7.23. The maximum absolute atomic E-state index is 9.57. The highest BCUT2D eigenvalue weighted by molar-refractivity contribution is 9.10. The molecule has 8 heteroatoms. The summed E-state index contributed by atoms with van der Waals surface area (Å²) < 4.78 is 6.33. The maximum Gasteiger partial charge on any atom is 0.137 e. The van der Waals surface area contributed by atoms with E-state index in [1.165, 1.54) is 0 Å². The Balaban J connectivity index is 1.82. The van der Waals surface area contributed by atoms with Crippen LogP contribution in [0.1, 0.15) is 29.2 Å². The van der Waals surface area contributed by atoms with Gasteiger partial charge in [-0.25, -0.2) is 4.99 Å². The first-order valence-corrected chi connectivity index (χ1v) is 11.1. The van der Waals surface area contributed by atoms with Gasteiger partial charge in [0.25, 0.3) is 0 Å². The summed E-state index contributed by atoms with van der Waals surface area (Å²) in [5.74, 6) is 1.27. The number of benzene rings is 3. The molecule has 0 fully saturated rings. The second kappa shape index (κ2) is 9.59. The minimum absolute atomic E-state index is 0.0524. The molecule has 0 aliphatic carbocycles. The molecule has 1 aliphatic heterocycles. The Morgan fingerprint density at radius 3 is 2.38 bits per heavy atom. The van der Waals surface area contributed by atoms with E-state index in [9.17, 15) is 5.11 Å². The van der Waals surface area contributed by atoms with Gasteiger partial charge in [-0.05, 0) is 59.7 Å². The molecule has 6 radical (unpaired) electrons. The van der Waals surface area contributed by atoms with Crippen molar-refractivity contribution in [1.82, 2.24) is 4.90 Å². The zero-order valence-electron chi connectivity index (χ0n) is 17.5. The number of aliphatic imine (C=N–C) groups is 1. The third kappa shape index (κ3) is 5.13. The summed E-state index contributed by atoms with van der Waals surface area (Å²) in [6, 6.07) is 23.7. The van der Waals surface area contributed by atoms with Gasteiger partial charge in [0.15, 0.2) is 0 Å². The fraction of sp³-hybridized carbons (Fsp3) is 0.208. The molecule has 0 bridgehead atoms. The third-order valence-corrected chi connectivity index (χ3v) is 5.67. The predicted molar refractivity (Wildman–Crippen MR) is 134 cm³/mol. The molecule has 0 aromatic heterocycles. The average molecular weight is 481 g/mol. The van der Waals surface area contributed by atoms with Crippen LogP contribution in [0.2, 0.25) is 0 Å². The number of hydrogen-bond acceptors (Lipinski definition) is 4. The van der Waals surface area contributed by atoms with E-state index in [1.807, 2.05) is 42.5 Å². The summed E-state index contributed by atoms with van der Waals surface area (Å²) in [7, 11) is 16.6. The Hall–Kier alpha value is -2.44. The number of amidine groups is 1. The predicted octanol–water partition coefficient (Wildman–Crippen LogP) is 3.81. The van der Waals surface area contributed by atoms with Crippen molar-refractivity contribution in [2.75, 3.05) is 13.2 Å². The van der Waals surface area contributed by atoms with E-state index < -0.39 is 5.30 Å². The Morgan fingerprint density at radius 2 is 1.72 bits per heavy atom. The van der Waals surface area contributed by atoms with Crippen molar-refractivity contribution in [3.8, 4) is 5.75 Å². The first kappa shape index (κ1) is 22.7. The first-order valence-electron chi connectivity index (χ1n) is 10.3. The summed E-state index contributed by atoms with van der Waals surface area (Å²) in [5, 5.41) is 7.82. The van der Waals surface area contributed by atoms with Gasteiger partial charge in [0.05, 0.1) is 11.7 Å². The van der Waals surface area contributed by atoms with Gasteiger partial charge in [-0.3, -0.25) is 0 Å². The molecule has 0 saturated heterocycles. The van der Waals surface area contributed by atoms with Gasteiger partial charge in [0.2, 0.25) is 0 Å². The first-order chi connectivity index (χ1) is 15.4.